The van der Waals surface area contributed by atoms with Gasteiger partial charge in [0.15, 0.2) is 0 Å². The van der Waals surface area contributed by atoms with Gasteiger partial charge in [-0.05, 0) is 12.8 Å². The molecule has 0 saturated carbocycles. The Morgan fingerprint density at radius 3 is 2.73 bits per heavy atom. The van der Waals surface area contributed by atoms with E-state index in [1.165, 1.54) is 0 Å². The molecule has 1 aliphatic rings. The minimum atomic E-state index is -1.23. The number of hydrogen-bond donors (Lipinski definition) is 3. The fraction of sp³-hybridized carbons (Fsp3) is 0.778. The molecular formula is C9H15NO5. The number of aliphatic hydroxyl groups excluding tert-OH is 1. The van der Waals surface area contributed by atoms with Gasteiger partial charge in [-0.25, -0.2) is 4.79 Å². The molecule has 6 nitrogen and oxygen atoms in total. The van der Waals surface area contributed by atoms with Gasteiger partial charge in [0.25, 0.3) is 0 Å². The lowest BCUT2D eigenvalue weighted by Gasteiger charge is -2.22. The molecular weight excluding hydrogens is 202 g/mol. The van der Waals surface area contributed by atoms with Crippen molar-refractivity contribution < 1.29 is 24.5 Å². The highest BCUT2D eigenvalue weighted by atomic mass is 16.5. The SMILES string of the molecule is O=C(N[C@@H](CO)C(=O)O)C1CCCOC1. The quantitative estimate of drug-likeness (QED) is 0.560. The standard InChI is InChI=1S/C9H15NO5/c11-4-7(9(13)14)10-8(12)6-2-1-3-15-5-6/h6-7,11H,1-5H2,(H,10,12)(H,13,14)/t6?,7-/m0/s1. The molecule has 1 unspecified atom stereocenters. The third kappa shape index (κ3) is 3.49. The van der Waals surface area contributed by atoms with Crippen LogP contribution in [-0.2, 0) is 14.3 Å². The Hall–Kier alpha value is -1.14. The van der Waals surface area contributed by atoms with Crippen LogP contribution in [0.5, 0.6) is 0 Å². The molecule has 1 saturated heterocycles. The van der Waals surface area contributed by atoms with Gasteiger partial charge in [-0.15, -0.1) is 0 Å². The number of carbonyl (C=O) groups excluding carboxylic acids is 1. The molecule has 1 amide bonds. The Labute approximate surface area is 87.2 Å². The monoisotopic (exact) mass is 217 g/mol. The third-order valence-corrected chi connectivity index (χ3v) is 2.33. The van der Waals surface area contributed by atoms with Crippen LogP contribution in [0.25, 0.3) is 0 Å². The zero-order valence-corrected chi connectivity index (χ0v) is 8.31. The van der Waals surface area contributed by atoms with E-state index in [2.05, 4.69) is 5.32 Å². The summed E-state index contributed by atoms with van der Waals surface area (Å²) in [4.78, 5) is 22.0. The van der Waals surface area contributed by atoms with Gasteiger partial charge in [0.05, 0.1) is 19.1 Å². The van der Waals surface area contributed by atoms with E-state index in [-0.39, 0.29) is 11.8 Å². The van der Waals surface area contributed by atoms with Crippen LogP contribution in [0.4, 0.5) is 0 Å². The van der Waals surface area contributed by atoms with Crippen LogP contribution >= 0.6 is 0 Å². The van der Waals surface area contributed by atoms with E-state index in [0.29, 0.717) is 19.6 Å². The van der Waals surface area contributed by atoms with E-state index in [1.54, 1.807) is 0 Å². The zero-order valence-electron chi connectivity index (χ0n) is 8.31. The van der Waals surface area contributed by atoms with Crippen molar-refractivity contribution >= 4 is 11.9 Å². The molecule has 0 aromatic carbocycles. The second-order valence-corrected chi connectivity index (χ2v) is 3.50. The highest BCUT2D eigenvalue weighted by Crippen LogP contribution is 2.13. The Morgan fingerprint density at radius 2 is 2.27 bits per heavy atom. The molecule has 1 aliphatic heterocycles. The van der Waals surface area contributed by atoms with Crippen molar-refractivity contribution in [3.05, 3.63) is 0 Å². The summed E-state index contributed by atoms with van der Waals surface area (Å²) in [6.07, 6.45) is 1.50. The highest BCUT2D eigenvalue weighted by Gasteiger charge is 2.26. The van der Waals surface area contributed by atoms with Crippen molar-refractivity contribution in [2.45, 2.75) is 18.9 Å². The number of aliphatic carboxylic acids is 1. The normalized spacial score (nSPS) is 23.1. The molecule has 1 fully saturated rings. The fourth-order valence-electron chi connectivity index (χ4n) is 1.42. The van der Waals surface area contributed by atoms with Gasteiger partial charge in [0.1, 0.15) is 6.04 Å². The van der Waals surface area contributed by atoms with Crippen LogP contribution in [0, 0.1) is 5.92 Å². The fourth-order valence-corrected chi connectivity index (χ4v) is 1.42. The summed E-state index contributed by atoms with van der Waals surface area (Å²) in [5.74, 6) is -1.90. The van der Waals surface area contributed by atoms with Crippen molar-refractivity contribution in [2.24, 2.45) is 5.92 Å². The number of hydrogen-bond acceptors (Lipinski definition) is 4. The summed E-state index contributed by atoms with van der Waals surface area (Å²) in [6, 6.07) is -1.22. The highest BCUT2D eigenvalue weighted by molar-refractivity contribution is 5.85. The Bertz CT molecular complexity index is 237. The molecule has 86 valence electrons. The lowest BCUT2D eigenvalue weighted by molar-refractivity contribution is -0.144. The first-order valence-corrected chi connectivity index (χ1v) is 4.87. The largest absolute Gasteiger partial charge is 0.480 e. The third-order valence-electron chi connectivity index (χ3n) is 2.33. The Kier molecular flexibility index (Phi) is 4.51. The molecule has 0 aromatic rings. The van der Waals surface area contributed by atoms with Gasteiger partial charge in [-0.2, -0.15) is 0 Å². The minimum absolute atomic E-state index is 0.299. The van der Waals surface area contributed by atoms with Crippen LogP contribution in [0.1, 0.15) is 12.8 Å². The number of ether oxygens (including phenoxy) is 1. The maximum Gasteiger partial charge on any atom is 0.328 e. The first-order valence-electron chi connectivity index (χ1n) is 4.87. The van der Waals surface area contributed by atoms with Gasteiger partial charge >= 0.3 is 5.97 Å². The van der Waals surface area contributed by atoms with Crippen LogP contribution in [0.3, 0.4) is 0 Å². The number of carboxylic acid groups (broad SMARTS) is 1. The van der Waals surface area contributed by atoms with E-state index in [1.807, 2.05) is 0 Å². The molecule has 0 aromatic heterocycles. The van der Waals surface area contributed by atoms with Crippen LogP contribution < -0.4 is 5.32 Å². The summed E-state index contributed by atoms with van der Waals surface area (Å²) >= 11 is 0. The minimum Gasteiger partial charge on any atom is -0.480 e. The molecule has 0 spiro atoms. The van der Waals surface area contributed by atoms with Crippen LogP contribution in [0.2, 0.25) is 0 Å². The molecule has 1 heterocycles. The Balaban J connectivity index is 2.42. The van der Waals surface area contributed by atoms with E-state index in [0.717, 1.165) is 6.42 Å². The lowest BCUT2D eigenvalue weighted by atomic mass is 10.0. The number of aliphatic hydroxyl groups is 1. The second-order valence-electron chi connectivity index (χ2n) is 3.50. The number of rotatable bonds is 4. The van der Waals surface area contributed by atoms with Crippen molar-refractivity contribution in [1.29, 1.82) is 0 Å². The predicted molar refractivity (Wildman–Crippen MR) is 50.2 cm³/mol. The number of nitrogens with one attached hydrogen (secondary N) is 1. The zero-order chi connectivity index (χ0) is 11.3. The number of carbonyl (C=O) groups is 2. The number of carboxylic acids is 1. The summed E-state index contributed by atoms with van der Waals surface area (Å²) in [6.45, 7) is 0.365. The van der Waals surface area contributed by atoms with Gasteiger partial charge < -0.3 is 20.3 Å². The average molecular weight is 217 g/mol. The summed E-state index contributed by atoms with van der Waals surface area (Å²) in [5.41, 5.74) is 0. The predicted octanol–water partition coefficient (Wildman–Crippen LogP) is -1.03. The maximum absolute atomic E-state index is 11.5. The summed E-state index contributed by atoms with van der Waals surface area (Å²) in [5, 5.41) is 19.6. The molecule has 1 rings (SSSR count). The van der Waals surface area contributed by atoms with Crippen molar-refractivity contribution in [3.63, 3.8) is 0 Å². The molecule has 2 atom stereocenters. The Morgan fingerprint density at radius 1 is 1.53 bits per heavy atom. The lowest BCUT2D eigenvalue weighted by Crippen LogP contribution is -2.47. The van der Waals surface area contributed by atoms with Gasteiger partial charge in [0.2, 0.25) is 5.91 Å². The van der Waals surface area contributed by atoms with Gasteiger partial charge in [-0.1, -0.05) is 0 Å². The maximum atomic E-state index is 11.5. The van der Waals surface area contributed by atoms with Gasteiger partial charge in [-0.3, -0.25) is 4.79 Å². The second kappa shape index (κ2) is 5.67. The number of amides is 1. The topological polar surface area (TPSA) is 95.9 Å². The first kappa shape index (κ1) is 11.9. The van der Waals surface area contributed by atoms with Crippen molar-refractivity contribution in [2.75, 3.05) is 19.8 Å². The molecule has 0 aliphatic carbocycles. The molecule has 0 radical (unpaired) electrons. The van der Waals surface area contributed by atoms with Crippen LogP contribution in [-0.4, -0.2) is 48.0 Å². The molecule has 0 bridgehead atoms. The van der Waals surface area contributed by atoms with Gasteiger partial charge in [0, 0.05) is 6.61 Å². The van der Waals surface area contributed by atoms with Crippen molar-refractivity contribution in [1.82, 2.24) is 5.32 Å². The van der Waals surface area contributed by atoms with Crippen LogP contribution in [0.15, 0.2) is 0 Å². The van der Waals surface area contributed by atoms with E-state index < -0.39 is 18.6 Å². The average Bonchev–Trinajstić information content (AvgIpc) is 2.26. The molecule has 3 N–H and O–H groups in total. The summed E-state index contributed by atoms with van der Waals surface area (Å²) < 4.78 is 5.11. The smallest absolute Gasteiger partial charge is 0.328 e. The van der Waals surface area contributed by atoms with Crippen molar-refractivity contribution in [3.8, 4) is 0 Å². The van der Waals surface area contributed by atoms with E-state index in [4.69, 9.17) is 14.9 Å². The summed E-state index contributed by atoms with van der Waals surface area (Å²) in [7, 11) is 0. The molecule has 6 heteroatoms. The van der Waals surface area contributed by atoms with E-state index in [9.17, 15) is 9.59 Å². The first-order chi connectivity index (χ1) is 7.15. The molecule has 15 heavy (non-hydrogen) atoms. The van der Waals surface area contributed by atoms with E-state index >= 15 is 0 Å².